The summed E-state index contributed by atoms with van der Waals surface area (Å²) in [6.45, 7) is 9.39. The number of nitriles is 1. The van der Waals surface area contributed by atoms with Crippen molar-refractivity contribution < 1.29 is 4.21 Å². The Balaban J connectivity index is 0.000000914. The Morgan fingerprint density at radius 2 is 1.70 bits per heavy atom. The van der Waals surface area contributed by atoms with Crippen LogP contribution in [0.15, 0.2) is 46.2 Å². The minimum absolute atomic E-state index is 0.141. The molecule has 0 spiro atoms. The van der Waals surface area contributed by atoms with E-state index in [0.717, 1.165) is 28.9 Å². The summed E-state index contributed by atoms with van der Waals surface area (Å²) in [6, 6.07) is 9.78. The van der Waals surface area contributed by atoms with Gasteiger partial charge in [-0.15, -0.1) is 12.8 Å². The van der Waals surface area contributed by atoms with Crippen LogP contribution >= 0.6 is 0 Å². The maximum atomic E-state index is 12.6. The Morgan fingerprint density at radius 1 is 1.09 bits per heavy atom. The molecule has 1 unspecified atom stereocenters. The molecule has 0 amide bonds. The first-order chi connectivity index (χ1) is 15.8. The van der Waals surface area contributed by atoms with Crippen molar-refractivity contribution in [3.63, 3.8) is 0 Å². The molecular formula is C25H31N5O2S. The summed E-state index contributed by atoms with van der Waals surface area (Å²) < 4.78 is 14.3. The van der Waals surface area contributed by atoms with Gasteiger partial charge < -0.3 is 10.3 Å². The number of H-pyrrole nitrogens is 1. The van der Waals surface area contributed by atoms with Crippen LogP contribution in [-0.4, -0.2) is 23.7 Å². The number of terminal acetylenes is 1. The standard InChI is InChI=1S/C22H28N4O2S.C2H2.CHN/c1-22(2,3)29(28)17-11-9-15(10-12-17)24-20-19-18(13-14-23-21(19)27)26(25-20)16-7-5-4-6-8-16;2*1-2/h9-14,16H,4-8H2,1-3H3,(H,23,27)(H,24,25);1-2H;1H. The fourth-order valence-electron chi connectivity index (χ4n) is 3.94. The van der Waals surface area contributed by atoms with Crippen molar-refractivity contribution in [2.24, 2.45) is 0 Å². The lowest BCUT2D eigenvalue weighted by molar-refractivity contribution is 0.338. The summed E-state index contributed by atoms with van der Waals surface area (Å²) in [5, 5.41) is 15.2. The summed E-state index contributed by atoms with van der Waals surface area (Å²) in [7, 11) is -1.08. The Kier molecular flexibility index (Phi) is 9.02. The fourth-order valence-corrected chi connectivity index (χ4v) is 5.03. The molecule has 2 aromatic heterocycles. The van der Waals surface area contributed by atoms with Crippen LogP contribution in [0.5, 0.6) is 0 Å². The zero-order valence-corrected chi connectivity index (χ0v) is 20.2. The second-order valence-electron chi connectivity index (χ2n) is 8.68. The molecule has 2 heterocycles. The number of aromatic nitrogens is 3. The summed E-state index contributed by atoms with van der Waals surface area (Å²) in [5.74, 6) is 0.567. The average molecular weight is 466 g/mol. The predicted octanol–water partition coefficient (Wildman–Crippen LogP) is 5.27. The zero-order valence-electron chi connectivity index (χ0n) is 19.4. The molecule has 1 aliphatic rings. The highest BCUT2D eigenvalue weighted by Gasteiger charge is 2.23. The zero-order chi connectivity index (χ0) is 24.6. The number of nitrogens with one attached hydrogen (secondary N) is 2. The molecule has 0 radical (unpaired) electrons. The summed E-state index contributed by atoms with van der Waals surface area (Å²) in [5.41, 5.74) is 1.55. The number of pyridine rings is 1. The Labute approximate surface area is 197 Å². The number of benzene rings is 1. The molecule has 0 bridgehead atoms. The molecule has 8 heteroatoms. The maximum absolute atomic E-state index is 12.6. The lowest BCUT2D eigenvalue weighted by Gasteiger charge is -2.22. The molecule has 3 aromatic rings. The molecule has 7 nitrogen and oxygen atoms in total. The van der Waals surface area contributed by atoms with Gasteiger partial charge in [0.2, 0.25) is 0 Å². The monoisotopic (exact) mass is 465 g/mol. The molecule has 174 valence electrons. The van der Waals surface area contributed by atoms with Crippen molar-refractivity contribution in [3.05, 3.63) is 46.9 Å². The van der Waals surface area contributed by atoms with Gasteiger partial charge in [0.05, 0.1) is 22.4 Å². The van der Waals surface area contributed by atoms with Gasteiger partial charge in [-0.2, -0.15) is 5.10 Å². The van der Waals surface area contributed by atoms with Crippen LogP contribution in [0.4, 0.5) is 11.5 Å². The second-order valence-corrected chi connectivity index (χ2v) is 10.9. The van der Waals surface area contributed by atoms with Gasteiger partial charge in [-0.3, -0.25) is 13.7 Å². The van der Waals surface area contributed by atoms with E-state index in [-0.39, 0.29) is 10.3 Å². The molecule has 1 aliphatic carbocycles. The Bertz CT molecular complexity index is 1170. The van der Waals surface area contributed by atoms with E-state index in [1.165, 1.54) is 19.3 Å². The van der Waals surface area contributed by atoms with Crippen molar-refractivity contribution in [2.45, 2.75) is 68.6 Å². The predicted molar refractivity (Wildman–Crippen MR) is 135 cm³/mol. The molecule has 0 aliphatic heterocycles. The molecule has 4 rings (SSSR count). The second kappa shape index (κ2) is 11.5. The van der Waals surface area contributed by atoms with Gasteiger partial charge in [-0.1, -0.05) is 19.3 Å². The Morgan fingerprint density at radius 3 is 2.27 bits per heavy atom. The summed E-state index contributed by atoms with van der Waals surface area (Å²) in [4.78, 5) is 16.1. The number of hydrogen-bond donors (Lipinski definition) is 2. The van der Waals surface area contributed by atoms with E-state index in [0.29, 0.717) is 17.2 Å². The van der Waals surface area contributed by atoms with Gasteiger partial charge in [-0.05, 0) is 63.9 Å². The van der Waals surface area contributed by atoms with Crippen LogP contribution in [0.1, 0.15) is 58.9 Å². The first kappa shape index (κ1) is 25.9. The van der Waals surface area contributed by atoms with Gasteiger partial charge in [0, 0.05) is 28.1 Å². The van der Waals surface area contributed by atoms with Gasteiger partial charge in [0.1, 0.15) is 5.39 Å². The third kappa shape index (κ3) is 5.91. The first-order valence-corrected chi connectivity index (χ1v) is 12.0. The molecule has 2 N–H and O–H groups in total. The minimum Gasteiger partial charge on any atom is -0.338 e. The first-order valence-electron chi connectivity index (χ1n) is 10.8. The van der Waals surface area contributed by atoms with Crippen molar-refractivity contribution >= 4 is 33.2 Å². The number of fused-ring (bicyclic) bond motifs is 1. The molecule has 0 saturated heterocycles. The van der Waals surface area contributed by atoms with Crippen molar-refractivity contribution in [1.29, 1.82) is 5.26 Å². The van der Waals surface area contributed by atoms with Crippen LogP contribution in [0.2, 0.25) is 0 Å². The van der Waals surface area contributed by atoms with Gasteiger partial charge in [-0.25, -0.2) is 5.26 Å². The average Bonchev–Trinajstić information content (AvgIpc) is 3.21. The quantitative estimate of drug-likeness (QED) is 0.511. The van der Waals surface area contributed by atoms with Crippen LogP contribution < -0.4 is 10.9 Å². The number of nitrogens with zero attached hydrogens (tertiary/aromatic N) is 3. The van der Waals surface area contributed by atoms with E-state index < -0.39 is 10.8 Å². The number of hydrogen-bond acceptors (Lipinski definition) is 5. The number of aromatic amines is 1. The van der Waals surface area contributed by atoms with E-state index in [4.69, 9.17) is 10.4 Å². The summed E-state index contributed by atoms with van der Waals surface area (Å²) in [6.07, 6.45) is 15.5. The lowest BCUT2D eigenvalue weighted by atomic mass is 9.95. The number of rotatable bonds is 4. The van der Waals surface area contributed by atoms with E-state index in [2.05, 4.69) is 29.7 Å². The van der Waals surface area contributed by atoms with E-state index >= 15 is 0 Å². The highest BCUT2D eigenvalue weighted by atomic mass is 32.2. The van der Waals surface area contributed by atoms with Crippen molar-refractivity contribution in [2.75, 3.05) is 5.32 Å². The molecule has 1 aromatic carbocycles. The van der Waals surface area contributed by atoms with E-state index in [1.54, 1.807) is 6.20 Å². The molecule has 1 saturated carbocycles. The fraction of sp³-hybridized carbons (Fsp3) is 0.400. The highest BCUT2D eigenvalue weighted by molar-refractivity contribution is 7.86. The SMILES string of the molecule is C#C.C#N.CC(C)(C)S(=O)c1ccc(Nc2nn(C3CCCCC3)c3cc[nH]c(=O)c23)cc1. The molecule has 1 atom stereocenters. The smallest absolute Gasteiger partial charge is 0.261 e. The van der Waals surface area contributed by atoms with Gasteiger partial charge in [0.15, 0.2) is 5.82 Å². The number of anilines is 2. The molecule has 1 fully saturated rings. The molecule has 33 heavy (non-hydrogen) atoms. The van der Waals surface area contributed by atoms with Crippen LogP contribution in [0.25, 0.3) is 10.9 Å². The maximum Gasteiger partial charge on any atom is 0.261 e. The third-order valence-corrected chi connectivity index (χ3v) is 7.25. The largest absolute Gasteiger partial charge is 0.338 e. The van der Waals surface area contributed by atoms with Gasteiger partial charge >= 0.3 is 0 Å². The topological polar surface area (TPSA) is 104 Å². The van der Waals surface area contributed by atoms with Crippen LogP contribution in [0.3, 0.4) is 0 Å². The lowest BCUT2D eigenvalue weighted by Crippen LogP contribution is -2.21. The van der Waals surface area contributed by atoms with E-state index in [9.17, 15) is 9.00 Å². The normalized spacial score (nSPS) is 14.9. The van der Waals surface area contributed by atoms with E-state index in [1.807, 2.05) is 55.8 Å². The van der Waals surface area contributed by atoms with Gasteiger partial charge in [0.25, 0.3) is 5.56 Å². The Hall–Kier alpha value is -3.36. The summed E-state index contributed by atoms with van der Waals surface area (Å²) >= 11 is 0. The highest BCUT2D eigenvalue weighted by Crippen LogP contribution is 2.33. The third-order valence-electron chi connectivity index (χ3n) is 5.44. The van der Waals surface area contributed by atoms with Crippen LogP contribution in [0, 0.1) is 24.7 Å². The van der Waals surface area contributed by atoms with Crippen LogP contribution in [-0.2, 0) is 10.8 Å². The van der Waals surface area contributed by atoms with Crippen molar-refractivity contribution in [1.82, 2.24) is 14.8 Å². The molecular weight excluding hydrogens is 434 g/mol. The van der Waals surface area contributed by atoms with Crippen molar-refractivity contribution in [3.8, 4) is 19.4 Å². The minimum atomic E-state index is -1.08.